The van der Waals surface area contributed by atoms with E-state index in [1.165, 1.54) is 11.8 Å². The highest BCUT2D eigenvalue weighted by Crippen LogP contribution is 2.27. The van der Waals surface area contributed by atoms with Crippen LogP contribution in [0.4, 0.5) is 11.4 Å². The van der Waals surface area contributed by atoms with E-state index in [1.807, 2.05) is 56.3 Å². The van der Waals surface area contributed by atoms with Gasteiger partial charge in [0, 0.05) is 26.9 Å². The Labute approximate surface area is 179 Å². The third kappa shape index (κ3) is 5.62. The van der Waals surface area contributed by atoms with E-state index >= 15 is 0 Å². The Balaban J connectivity index is 1.69. The summed E-state index contributed by atoms with van der Waals surface area (Å²) in [4.78, 5) is 26.2. The van der Waals surface area contributed by atoms with Crippen LogP contribution in [0.3, 0.4) is 0 Å². The third-order valence-electron chi connectivity index (χ3n) is 4.36. The zero-order valence-corrected chi connectivity index (χ0v) is 17.7. The Bertz CT molecular complexity index is 1010. The monoisotopic (exact) mass is 424 g/mol. The van der Waals surface area contributed by atoms with E-state index in [0.29, 0.717) is 16.3 Å². The minimum Gasteiger partial charge on any atom is -0.325 e. The van der Waals surface area contributed by atoms with Gasteiger partial charge in [-0.25, -0.2) is 0 Å². The van der Waals surface area contributed by atoms with Gasteiger partial charge in [-0.05, 0) is 67.9 Å². The van der Waals surface area contributed by atoms with Crippen LogP contribution in [0.2, 0.25) is 5.02 Å². The highest BCUT2D eigenvalue weighted by molar-refractivity contribution is 8.00. The van der Waals surface area contributed by atoms with Crippen molar-refractivity contribution in [1.29, 1.82) is 0 Å². The molecular weight excluding hydrogens is 404 g/mol. The van der Waals surface area contributed by atoms with E-state index < -0.39 is 0 Å². The van der Waals surface area contributed by atoms with Gasteiger partial charge in [0.2, 0.25) is 5.91 Å². The summed E-state index contributed by atoms with van der Waals surface area (Å²) < 4.78 is 0. The molecule has 0 radical (unpaired) electrons. The summed E-state index contributed by atoms with van der Waals surface area (Å²) in [6.07, 6.45) is 0. The molecule has 6 heteroatoms. The average Bonchev–Trinajstić information content (AvgIpc) is 2.72. The Hall–Kier alpha value is -2.76. The number of amides is 2. The second-order valence-electron chi connectivity index (χ2n) is 6.50. The minimum absolute atomic E-state index is 0.131. The lowest BCUT2D eigenvalue weighted by atomic mass is 10.1. The molecule has 0 aromatic heterocycles. The number of carbonyl (C=O) groups is 2. The largest absolute Gasteiger partial charge is 0.325 e. The second-order valence-corrected chi connectivity index (χ2v) is 8.35. The standard InChI is InChI=1S/C23H21ClN2O2S/c1-15-20(23(28)25-18-7-4-3-5-8-18)9-6-10-21(15)26-22(27)16(2)29-19-13-11-17(24)12-14-19/h3-14,16H,1-2H3,(H,25,28)(H,26,27). The van der Waals surface area contributed by atoms with Gasteiger partial charge in [-0.3, -0.25) is 9.59 Å². The fourth-order valence-corrected chi connectivity index (χ4v) is 3.74. The fourth-order valence-electron chi connectivity index (χ4n) is 2.74. The molecule has 1 atom stereocenters. The van der Waals surface area contributed by atoms with Crippen LogP contribution in [0.5, 0.6) is 0 Å². The molecular formula is C23H21ClN2O2S. The molecule has 3 rings (SSSR count). The SMILES string of the molecule is Cc1c(NC(=O)C(C)Sc2ccc(Cl)cc2)cccc1C(=O)Nc1ccccc1. The molecule has 0 aliphatic heterocycles. The summed E-state index contributed by atoms with van der Waals surface area (Å²) >= 11 is 7.35. The molecule has 29 heavy (non-hydrogen) atoms. The minimum atomic E-state index is -0.308. The van der Waals surface area contributed by atoms with E-state index in [-0.39, 0.29) is 17.1 Å². The van der Waals surface area contributed by atoms with Crippen LogP contribution in [0, 0.1) is 6.92 Å². The summed E-state index contributed by atoms with van der Waals surface area (Å²) in [6.45, 7) is 3.67. The first-order valence-corrected chi connectivity index (χ1v) is 10.4. The van der Waals surface area contributed by atoms with E-state index in [2.05, 4.69) is 10.6 Å². The molecule has 0 bridgehead atoms. The van der Waals surface area contributed by atoms with Crippen molar-refractivity contribution in [3.05, 3.63) is 88.9 Å². The van der Waals surface area contributed by atoms with Crippen LogP contribution in [-0.2, 0) is 4.79 Å². The lowest BCUT2D eigenvalue weighted by molar-refractivity contribution is -0.115. The average molecular weight is 425 g/mol. The van der Waals surface area contributed by atoms with E-state index in [1.54, 1.807) is 30.3 Å². The van der Waals surface area contributed by atoms with Crippen LogP contribution < -0.4 is 10.6 Å². The van der Waals surface area contributed by atoms with Gasteiger partial charge in [0.1, 0.15) is 0 Å². The quantitative estimate of drug-likeness (QED) is 0.475. The maximum absolute atomic E-state index is 12.6. The molecule has 0 heterocycles. The molecule has 1 unspecified atom stereocenters. The van der Waals surface area contributed by atoms with Crippen molar-refractivity contribution in [2.24, 2.45) is 0 Å². The van der Waals surface area contributed by atoms with Crippen molar-refractivity contribution in [2.45, 2.75) is 24.0 Å². The number of anilines is 2. The number of thioether (sulfide) groups is 1. The Kier molecular flexibility index (Phi) is 6.96. The van der Waals surface area contributed by atoms with E-state index in [0.717, 1.165) is 16.1 Å². The van der Waals surface area contributed by atoms with Crippen LogP contribution in [0.15, 0.2) is 77.7 Å². The predicted octanol–water partition coefficient (Wildman–Crippen LogP) is 6.02. The number of benzene rings is 3. The third-order valence-corrected chi connectivity index (χ3v) is 5.73. The zero-order valence-electron chi connectivity index (χ0n) is 16.1. The molecule has 0 spiro atoms. The van der Waals surface area contributed by atoms with Crippen LogP contribution >= 0.6 is 23.4 Å². The molecule has 148 valence electrons. The molecule has 0 saturated carbocycles. The Morgan fingerprint density at radius 2 is 1.59 bits per heavy atom. The molecule has 0 aliphatic carbocycles. The Morgan fingerprint density at radius 1 is 0.897 bits per heavy atom. The number of para-hydroxylation sites is 1. The molecule has 2 N–H and O–H groups in total. The number of hydrogen-bond donors (Lipinski definition) is 2. The van der Waals surface area contributed by atoms with Crippen LogP contribution in [0.1, 0.15) is 22.8 Å². The molecule has 2 amide bonds. The Morgan fingerprint density at radius 3 is 2.28 bits per heavy atom. The summed E-state index contributed by atoms with van der Waals surface area (Å²) in [5.41, 5.74) is 2.58. The van der Waals surface area contributed by atoms with E-state index in [9.17, 15) is 9.59 Å². The molecule has 0 aliphatic rings. The number of hydrogen-bond acceptors (Lipinski definition) is 3. The molecule has 3 aromatic carbocycles. The van der Waals surface area contributed by atoms with Gasteiger partial charge < -0.3 is 10.6 Å². The maximum Gasteiger partial charge on any atom is 0.256 e. The first-order chi connectivity index (χ1) is 13.9. The first-order valence-electron chi connectivity index (χ1n) is 9.13. The molecule has 4 nitrogen and oxygen atoms in total. The number of rotatable bonds is 6. The molecule has 0 saturated heterocycles. The fraction of sp³-hybridized carbons (Fsp3) is 0.130. The molecule has 0 fully saturated rings. The smallest absolute Gasteiger partial charge is 0.256 e. The van der Waals surface area contributed by atoms with Crippen molar-refractivity contribution in [3.8, 4) is 0 Å². The highest BCUT2D eigenvalue weighted by Gasteiger charge is 2.18. The van der Waals surface area contributed by atoms with Gasteiger partial charge in [-0.15, -0.1) is 11.8 Å². The number of halogens is 1. The van der Waals surface area contributed by atoms with Crippen LogP contribution in [-0.4, -0.2) is 17.1 Å². The van der Waals surface area contributed by atoms with Crippen molar-refractivity contribution in [3.63, 3.8) is 0 Å². The number of nitrogens with one attached hydrogen (secondary N) is 2. The summed E-state index contributed by atoms with van der Waals surface area (Å²) in [6, 6.07) is 21.9. The maximum atomic E-state index is 12.6. The van der Waals surface area contributed by atoms with Gasteiger partial charge >= 0.3 is 0 Å². The predicted molar refractivity (Wildman–Crippen MR) is 121 cm³/mol. The number of carbonyl (C=O) groups excluding carboxylic acids is 2. The highest BCUT2D eigenvalue weighted by atomic mass is 35.5. The normalized spacial score (nSPS) is 11.6. The van der Waals surface area contributed by atoms with Crippen molar-refractivity contribution >= 4 is 46.6 Å². The molecule has 3 aromatic rings. The second kappa shape index (κ2) is 9.63. The van der Waals surface area contributed by atoms with E-state index in [4.69, 9.17) is 11.6 Å². The van der Waals surface area contributed by atoms with Crippen LogP contribution in [0.25, 0.3) is 0 Å². The summed E-state index contributed by atoms with van der Waals surface area (Å²) in [5, 5.41) is 6.16. The van der Waals surface area contributed by atoms with Crippen molar-refractivity contribution in [2.75, 3.05) is 10.6 Å². The van der Waals surface area contributed by atoms with Gasteiger partial charge in [0.05, 0.1) is 5.25 Å². The summed E-state index contributed by atoms with van der Waals surface area (Å²) in [7, 11) is 0. The first kappa shape index (κ1) is 21.0. The topological polar surface area (TPSA) is 58.2 Å². The van der Waals surface area contributed by atoms with Gasteiger partial charge in [0.15, 0.2) is 0 Å². The summed E-state index contributed by atoms with van der Waals surface area (Å²) in [5.74, 6) is -0.345. The lowest BCUT2D eigenvalue weighted by Gasteiger charge is -2.15. The van der Waals surface area contributed by atoms with Crippen molar-refractivity contribution < 1.29 is 9.59 Å². The lowest BCUT2D eigenvalue weighted by Crippen LogP contribution is -2.23. The van der Waals surface area contributed by atoms with Crippen molar-refractivity contribution in [1.82, 2.24) is 0 Å². The van der Waals surface area contributed by atoms with Gasteiger partial charge in [-0.1, -0.05) is 35.9 Å². The van der Waals surface area contributed by atoms with Gasteiger partial charge in [-0.2, -0.15) is 0 Å². The van der Waals surface area contributed by atoms with Gasteiger partial charge in [0.25, 0.3) is 5.91 Å². The zero-order chi connectivity index (χ0) is 20.8.